The second-order valence-corrected chi connectivity index (χ2v) is 14.9. The normalized spacial score (nSPS) is 14.4. The number of hydrogen-bond acceptors (Lipinski definition) is 7. The maximum Gasteiger partial charge on any atom is 0.276 e. The van der Waals surface area contributed by atoms with Crippen molar-refractivity contribution in [1.82, 2.24) is 14.8 Å². The van der Waals surface area contributed by atoms with Crippen LogP contribution in [0, 0.1) is 12.7 Å². The Bertz CT molecular complexity index is 2110. The summed E-state index contributed by atoms with van der Waals surface area (Å²) < 4.78 is 39.7. The molecule has 3 aromatic heterocycles. The molecule has 1 N–H and O–H groups in total. The van der Waals surface area contributed by atoms with Gasteiger partial charge < -0.3 is 10.2 Å². The molecular formula is C34H30FN5O4S2. The van der Waals surface area contributed by atoms with Crippen molar-refractivity contribution in [2.75, 3.05) is 23.0 Å². The van der Waals surface area contributed by atoms with Gasteiger partial charge in [-0.15, -0.1) is 11.3 Å². The summed E-state index contributed by atoms with van der Waals surface area (Å²) in [6.07, 6.45) is 5.32. The summed E-state index contributed by atoms with van der Waals surface area (Å²) in [5.41, 5.74) is 5.61. The number of halogens is 1. The van der Waals surface area contributed by atoms with Crippen LogP contribution >= 0.6 is 11.3 Å². The Morgan fingerprint density at radius 3 is 2.59 bits per heavy atom. The molecule has 1 aliphatic carbocycles. The van der Waals surface area contributed by atoms with Gasteiger partial charge in [0, 0.05) is 40.9 Å². The lowest BCUT2D eigenvalue weighted by Crippen LogP contribution is -2.33. The van der Waals surface area contributed by atoms with Crippen LogP contribution in [0.5, 0.6) is 0 Å². The first-order valence-electron chi connectivity index (χ1n) is 14.9. The molecule has 0 bridgehead atoms. The molecule has 2 aliphatic rings. The monoisotopic (exact) mass is 655 g/mol. The van der Waals surface area contributed by atoms with Crippen LogP contribution in [0.2, 0.25) is 0 Å². The minimum atomic E-state index is -3.30. The highest BCUT2D eigenvalue weighted by molar-refractivity contribution is 7.89. The third kappa shape index (κ3) is 5.85. The minimum Gasteiger partial charge on any atom is -0.319 e. The first-order valence-corrected chi connectivity index (χ1v) is 17.8. The molecule has 0 saturated heterocycles. The van der Waals surface area contributed by atoms with Crippen LogP contribution in [0.15, 0.2) is 72.9 Å². The highest BCUT2D eigenvalue weighted by Gasteiger charge is 2.32. The third-order valence-corrected chi connectivity index (χ3v) is 10.1. The highest BCUT2D eigenvalue weighted by atomic mass is 32.2. The second-order valence-electron chi connectivity index (χ2n) is 11.8. The van der Waals surface area contributed by atoms with Crippen LogP contribution in [-0.4, -0.2) is 47.8 Å². The Kier molecular flexibility index (Phi) is 7.56. The van der Waals surface area contributed by atoms with Gasteiger partial charge in [-0.2, -0.15) is 5.10 Å². The summed E-state index contributed by atoms with van der Waals surface area (Å²) in [6, 6.07) is 19.3. The van der Waals surface area contributed by atoms with E-state index in [1.54, 1.807) is 42.3 Å². The van der Waals surface area contributed by atoms with Crippen molar-refractivity contribution >= 4 is 44.4 Å². The minimum absolute atomic E-state index is 0.162. The van der Waals surface area contributed by atoms with E-state index in [4.69, 9.17) is 4.98 Å². The Balaban J connectivity index is 1.19. The smallest absolute Gasteiger partial charge is 0.276 e. The molecule has 46 heavy (non-hydrogen) atoms. The molecule has 0 unspecified atom stereocenters. The number of para-hydroxylation sites is 2. The van der Waals surface area contributed by atoms with Crippen LogP contribution in [0.25, 0.3) is 21.7 Å². The lowest BCUT2D eigenvalue weighted by Gasteiger charge is -2.23. The molecule has 1 saturated carbocycles. The number of aromatic nitrogens is 3. The fourth-order valence-electron chi connectivity index (χ4n) is 5.82. The number of amides is 2. The van der Waals surface area contributed by atoms with E-state index < -0.39 is 15.7 Å². The van der Waals surface area contributed by atoms with Gasteiger partial charge in [0.25, 0.3) is 11.8 Å². The Morgan fingerprint density at radius 1 is 1.04 bits per heavy atom. The zero-order valence-electron chi connectivity index (χ0n) is 25.2. The number of nitrogens with one attached hydrogen (secondary N) is 1. The molecule has 1 aliphatic heterocycles. The molecule has 234 valence electrons. The number of rotatable bonds is 7. The van der Waals surface area contributed by atoms with Crippen LogP contribution in [0.3, 0.4) is 0 Å². The van der Waals surface area contributed by atoms with Crippen LogP contribution < -0.4 is 10.2 Å². The molecule has 0 atom stereocenters. The van der Waals surface area contributed by atoms with Crippen molar-refractivity contribution in [2.45, 2.75) is 38.0 Å². The van der Waals surface area contributed by atoms with E-state index in [-0.39, 0.29) is 35.0 Å². The summed E-state index contributed by atoms with van der Waals surface area (Å²) in [6.45, 7) is 2.10. The number of fused-ring (bicyclic) bond motifs is 3. The van der Waals surface area contributed by atoms with Gasteiger partial charge in [-0.05, 0) is 67.6 Å². The summed E-state index contributed by atoms with van der Waals surface area (Å²) in [4.78, 5) is 35.1. The SMILES string of the molecule is Cc1cccc(F)c1NC(=O)c1cc2c(s1)-c1ccccc1N(C(=O)c1cccc(-c3cn(CS(C)(=O)=O)nc3C3CC3)n1)CC2. The number of sulfone groups is 1. The predicted octanol–water partition coefficient (Wildman–Crippen LogP) is 6.46. The molecule has 0 spiro atoms. The summed E-state index contributed by atoms with van der Waals surface area (Å²) in [5, 5.41) is 7.29. The summed E-state index contributed by atoms with van der Waals surface area (Å²) in [7, 11) is -3.30. The lowest BCUT2D eigenvalue weighted by molar-refractivity contribution is 0.0981. The third-order valence-electron chi connectivity index (χ3n) is 8.15. The van der Waals surface area contributed by atoms with Crippen LogP contribution in [0.4, 0.5) is 15.8 Å². The number of pyridine rings is 1. The summed E-state index contributed by atoms with van der Waals surface area (Å²) >= 11 is 1.32. The van der Waals surface area contributed by atoms with E-state index in [2.05, 4.69) is 10.4 Å². The van der Waals surface area contributed by atoms with Crippen LogP contribution in [0.1, 0.15) is 55.7 Å². The molecule has 9 nitrogen and oxygen atoms in total. The molecule has 7 rings (SSSR count). The average molecular weight is 656 g/mol. The molecule has 4 heterocycles. The fourth-order valence-corrected chi connectivity index (χ4v) is 7.58. The molecule has 2 aromatic carbocycles. The quantitative estimate of drug-likeness (QED) is 0.215. The average Bonchev–Trinajstić information content (AvgIpc) is 3.69. The zero-order chi connectivity index (χ0) is 32.2. The number of hydrogen-bond donors (Lipinski definition) is 1. The first-order chi connectivity index (χ1) is 22.1. The van der Waals surface area contributed by atoms with Gasteiger partial charge in [0.2, 0.25) is 0 Å². The van der Waals surface area contributed by atoms with Crippen molar-refractivity contribution in [3.8, 4) is 21.7 Å². The molecule has 1 fully saturated rings. The van der Waals surface area contributed by atoms with E-state index in [1.165, 1.54) is 28.3 Å². The summed E-state index contributed by atoms with van der Waals surface area (Å²) in [5.74, 6) is -1.13. The maximum atomic E-state index is 14.4. The van der Waals surface area contributed by atoms with Crippen molar-refractivity contribution in [2.24, 2.45) is 0 Å². The van der Waals surface area contributed by atoms with Gasteiger partial charge in [0.05, 0.1) is 27.6 Å². The van der Waals surface area contributed by atoms with Gasteiger partial charge in [0.15, 0.2) is 9.84 Å². The molecule has 0 radical (unpaired) electrons. The van der Waals surface area contributed by atoms with Gasteiger partial charge in [-0.3, -0.25) is 14.3 Å². The van der Waals surface area contributed by atoms with Crippen LogP contribution in [-0.2, 0) is 22.1 Å². The Hall–Kier alpha value is -4.68. The van der Waals surface area contributed by atoms with Crippen molar-refractivity contribution in [3.63, 3.8) is 0 Å². The van der Waals surface area contributed by atoms with Gasteiger partial charge in [-0.25, -0.2) is 17.8 Å². The number of carbonyl (C=O) groups is 2. The van der Waals surface area contributed by atoms with E-state index in [0.29, 0.717) is 34.8 Å². The van der Waals surface area contributed by atoms with E-state index >= 15 is 0 Å². The lowest BCUT2D eigenvalue weighted by atomic mass is 10.1. The maximum absolute atomic E-state index is 14.4. The molecule has 12 heteroatoms. The standard InChI is InChI=1S/C34H30FN5O4S2/c1-20-7-5-9-25(35)30(20)37-33(41)29-17-22-15-16-40(28-12-4-3-8-23(28)32(22)45-29)34(42)27-11-6-10-26(36-27)24-18-39(19-46(2,43)44)38-31(24)21-13-14-21/h3-12,17-18,21H,13-16,19H2,1-2H3,(H,37,41). The highest BCUT2D eigenvalue weighted by Crippen LogP contribution is 2.44. The van der Waals surface area contributed by atoms with Gasteiger partial charge in [-0.1, -0.05) is 36.4 Å². The van der Waals surface area contributed by atoms with E-state index in [9.17, 15) is 22.4 Å². The largest absolute Gasteiger partial charge is 0.319 e. The number of aryl methyl sites for hydroxylation is 1. The van der Waals surface area contributed by atoms with Gasteiger partial charge in [0.1, 0.15) is 17.4 Å². The molecule has 2 amide bonds. The topological polar surface area (TPSA) is 114 Å². The zero-order valence-corrected chi connectivity index (χ0v) is 26.8. The van der Waals surface area contributed by atoms with Gasteiger partial charge >= 0.3 is 0 Å². The number of nitrogens with zero attached hydrogens (tertiary/aromatic N) is 4. The second kappa shape index (κ2) is 11.6. The number of thiophene rings is 1. The predicted molar refractivity (Wildman–Crippen MR) is 177 cm³/mol. The fraction of sp³-hybridized carbons (Fsp3) is 0.235. The number of anilines is 2. The Morgan fingerprint density at radius 2 is 1.83 bits per heavy atom. The molecular weight excluding hydrogens is 626 g/mol. The van der Waals surface area contributed by atoms with E-state index in [0.717, 1.165) is 40.1 Å². The van der Waals surface area contributed by atoms with Crippen molar-refractivity contribution < 1.29 is 22.4 Å². The number of carbonyl (C=O) groups excluding carboxylic acids is 2. The Labute approximate surface area is 269 Å². The first kappa shape index (κ1) is 30.0. The van der Waals surface area contributed by atoms with Crippen molar-refractivity contribution in [1.29, 1.82) is 0 Å². The van der Waals surface area contributed by atoms with E-state index in [1.807, 2.05) is 36.4 Å². The number of benzene rings is 2. The molecule has 5 aromatic rings. The van der Waals surface area contributed by atoms with Crippen molar-refractivity contribution in [3.05, 3.63) is 106 Å².